The zero-order chi connectivity index (χ0) is 33.7. The van der Waals surface area contributed by atoms with E-state index in [4.69, 9.17) is 23.9 Å². The van der Waals surface area contributed by atoms with E-state index in [0.717, 1.165) is 28.0 Å². The molecule has 0 spiro atoms. The predicted octanol–water partition coefficient (Wildman–Crippen LogP) is 7.28. The van der Waals surface area contributed by atoms with Gasteiger partial charge in [0.15, 0.2) is 17.3 Å². The number of benzene rings is 4. The van der Waals surface area contributed by atoms with E-state index in [1.54, 1.807) is 42.6 Å². The van der Waals surface area contributed by atoms with Crippen molar-refractivity contribution in [1.82, 2.24) is 9.66 Å². The number of methoxy groups -OCH3 is 2. The molecule has 0 bridgehead atoms. The molecule has 1 aromatic heterocycles. The van der Waals surface area contributed by atoms with E-state index in [2.05, 4.69) is 18.9 Å². The van der Waals surface area contributed by atoms with Crippen molar-refractivity contribution in [1.29, 1.82) is 0 Å². The summed E-state index contributed by atoms with van der Waals surface area (Å²) in [5.41, 5.74) is 4.21. The van der Waals surface area contributed by atoms with Crippen LogP contribution in [0.2, 0.25) is 0 Å². The largest absolute Gasteiger partial charge is 0.494 e. The Bertz CT molecular complexity index is 1990. The van der Waals surface area contributed by atoms with Gasteiger partial charge < -0.3 is 18.9 Å². The summed E-state index contributed by atoms with van der Waals surface area (Å²) in [7, 11) is 3.01. The second-order valence-corrected chi connectivity index (χ2v) is 11.1. The van der Waals surface area contributed by atoms with Crippen molar-refractivity contribution in [2.24, 2.45) is 5.10 Å². The van der Waals surface area contributed by atoms with Crippen LogP contribution in [0, 0.1) is 17.0 Å². The molecule has 242 valence electrons. The Balaban J connectivity index is 1.57. The number of nitrogens with zero attached hydrogens (tertiary/aromatic N) is 4. The molecule has 0 amide bonds. The maximum atomic E-state index is 13.9. The zero-order valence-electron chi connectivity index (χ0n) is 27.1. The molecule has 0 atom stereocenters. The first-order valence-corrected chi connectivity index (χ1v) is 15.1. The van der Waals surface area contributed by atoms with E-state index < -0.39 is 4.92 Å². The fourth-order valence-corrected chi connectivity index (χ4v) is 5.19. The molecular weight excluding hydrogens is 600 g/mol. The van der Waals surface area contributed by atoms with E-state index in [-0.39, 0.29) is 23.8 Å². The number of nitro groups is 1. The van der Waals surface area contributed by atoms with Crippen molar-refractivity contribution in [3.63, 3.8) is 0 Å². The molecule has 11 heteroatoms. The molecule has 5 aromatic rings. The minimum absolute atomic E-state index is 0.00511. The first kappa shape index (κ1) is 32.7. The number of aryl methyl sites for hydroxylation is 1. The van der Waals surface area contributed by atoms with Crippen molar-refractivity contribution in [3.8, 4) is 34.4 Å². The number of para-hydroxylation sites is 1. The van der Waals surface area contributed by atoms with Gasteiger partial charge in [-0.15, -0.1) is 0 Å². The number of hydrogen-bond acceptors (Lipinski definition) is 9. The molecule has 0 radical (unpaired) electrons. The fraction of sp³-hybridized carbons (Fsp3) is 0.250. The van der Waals surface area contributed by atoms with Crippen LogP contribution in [-0.4, -0.2) is 41.6 Å². The predicted molar refractivity (Wildman–Crippen MR) is 181 cm³/mol. The van der Waals surface area contributed by atoms with Gasteiger partial charge in [-0.3, -0.25) is 14.9 Å². The monoisotopic (exact) mass is 636 g/mol. The maximum absolute atomic E-state index is 13.9. The molecule has 11 nitrogen and oxygen atoms in total. The molecule has 0 saturated heterocycles. The first-order chi connectivity index (χ1) is 22.6. The lowest BCUT2D eigenvalue weighted by atomic mass is 9.96. The van der Waals surface area contributed by atoms with E-state index in [9.17, 15) is 14.9 Å². The molecule has 0 unspecified atom stereocenters. The normalized spacial score (nSPS) is 11.3. The Labute approximate surface area is 272 Å². The molecule has 0 fully saturated rings. The third kappa shape index (κ3) is 6.94. The lowest BCUT2D eigenvalue weighted by molar-refractivity contribution is -0.384. The molecule has 0 saturated carbocycles. The highest BCUT2D eigenvalue weighted by molar-refractivity contribution is 5.84. The van der Waals surface area contributed by atoms with Crippen molar-refractivity contribution in [2.45, 2.75) is 40.2 Å². The van der Waals surface area contributed by atoms with Gasteiger partial charge in [0.05, 0.1) is 42.9 Å². The Morgan fingerprint density at radius 2 is 1.64 bits per heavy atom. The van der Waals surface area contributed by atoms with E-state index in [1.165, 1.54) is 31.0 Å². The van der Waals surface area contributed by atoms with Crippen molar-refractivity contribution in [2.75, 3.05) is 20.8 Å². The number of hydrogen-bond donors (Lipinski definition) is 0. The van der Waals surface area contributed by atoms with Crippen LogP contribution in [-0.2, 0) is 6.61 Å². The Morgan fingerprint density at radius 1 is 0.957 bits per heavy atom. The van der Waals surface area contributed by atoms with Gasteiger partial charge in [-0.1, -0.05) is 26.0 Å². The van der Waals surface area contributed by atoms with Gasteiger partial charge in [0, 0.05) is 23.3 Å². The van der Waals surface area contributed by atoms with Gasteiger partial charge in [-0.2, -0.15) is 9.78 Å². The third-order valence-electron chi connectivity index (χ3n) is 7.61. The SMILES string of the molecule is CCOc1cc(C)c(-c2nc3ccccc3c(=O)n2N=Cc2cc(OC)c(OCc3ccc([N+](=O)[O-])cc3)c(OC)c2)cc1C(C)C. The summed E-state index contributed by atoms with van der Waals surface area (Å²) >= 11 is 0. The highest BCUT2D eigenvalue weighted by atomic mass is 16.6. The fourth-order valence-electron chi connectivity index (χ4n) is 5.19. The summed E-state index contributed by atoms with van der Waals surface area (Å²) in [4.78, 5) is 29.3. The number of aromatic nitrogens is 2. The van der Waals surface area contributed by atoms with Crippen molar-refractivity contribution in [3.05, 3.63) is 116 Å². The molecule has 0 aliphatic carbocycles. The topological polar surface area (TPSA) is 127 Å². The van der Waals surface area contributed by atoms with Gasteiger partial charge in [0.1, 0.15) is 12.4 Å². The van der Waals surface area contributed by atoms with Crippen molar-refractivity contribution >= 4 is 22.8 Å². The smallest absolute Gasteiger partial charge is 0.282 e. The van der Waals surface area contributed by atoms with Crippen molar-refractivity contribution < 1.29 is 23.9 Å². The number of rotatable bonds is 12. The van der Waals surface area contributed by atoms with Crippen LogP contribution in [0.4, 0.5) is 5.69 Å². The summed E-state index contributed by atoms with van der Waals surface area (Å²) in [6.45, 7) is 8.76. The molecule has 0 N–H and O–H groups in total. The summed E-state index contributed by atoms with van der Waals surface area (Å²) in [6, 6.07) is 20.7. The van der Waals surface area contributed by atoms with Crippen LogP contribution < -0.4 is 24.5 Å². The van der Waals surface area contributed by atoms with Crippen LogP contribution in [0.5, 0.6) is 23.0 Å². The van der Waals surface area contributed by atoms with E-state index in [1.807, 2.05) is 38.1 Å². The summed E-state index contributed by atoms with van der Waals surface area (Å²) in [5, 5.41) is 16.1. The first-order valence-electron chi connectivity index (χ1n) is 15.1. The van der Waals surface area contributed by atoms with Crippen LogP contribution in [0.3, 0.4) is 0 Å². The second kappa shape index (κ2) is 14.2. The van der Waals surface area contributed by atoms with E-state index in [0.29, 0.717) is 46.1 Å². The van der Waals surface area contributed by atoms with Crippen LogP contribution in [0.15, 0.2) is 82.7 Å². The highest BCUT2D eigenvalue weighted by Gasteiger charge is 2.19. The molecular formula is C36H36N4O7. The molecule has 0 aliphatic rings. The van der Waals surface area contributed by atoms with Crippen LogP contribution >= 0.6 is 0 Å². The number of non-ortho nitro benzene ring substituents is 1. The third-order valence-corrected chi connectivity index (χ3v) is 7.61. The Hall–Kier alpha value is -5.71. The Kier molecular flexibility index (Phi) is 9.84. The number of ether oxygens (including phenoxy) is 4. The molecule has 47 heavy (non-hydrogen) atoms. The number of fused-ring (bicyclic) bond motifs is 1. The van der Waals surface area contributed by atoms with E-state index >= 15 is 0 Å². The Morgan fingerprint density at radius 3 is 2.26 bits per heavy atom. The average Bonchev–Trinajstić information content (AvgIpc) is 3.07. The van der Waals surface area contributed by atoms with Gasteiger partial charge >= 0.3 is 0 Å². The zero-order valence-corrected chi connectivity index (χ0v) is 27.1. The lowest BCUT2D eigenvalue weighted by Crippen LogP contribution is -2.21. The highest BCUT2D eigenvalue weighted by Crippen LogP contribution is 2.39. The van der Waals surface area contributed by atoms with Crippen LogP contribution in [0.1, 0.15) is 48.9 Å². The minimum Gasteiger partial charge on any atom is -0.494 e. The minimum atomic E-state index is -0.454. The maximum Gasteiger partial charge on any atom is 0.282 e. The molecule has 1 heterocycles. The molecule has 5 rings (SSSR count). The molecule has 0 aliphatic heterocycles. The molecule has 4 aromatic carbocycles. The standard InChI is InChI=1S/C36H36N4O7/c1-7-46-31-16-23(4)29(19-28(31)22(2)3)35-38-30-11-9-8-10-27(30)36(41)39(35)37-20-25-17-32(44-5)34(33(18-25)45-6)47-21-24-12-14-26(15-13-24)40(42)43/h8-20,22H,7,21H2,1-6H3. The average molecular weight is 637 g/mol. The van der Waals surface area contributed by atoms with Gasteiger partial charge in [0.2, 0.25) is 5.75 Å². The van der Waals surface area contributed by atoms with Gasteiger partial charge in [0.25, 0.3) is 11.2 Å². The quantitative estimate of drug-likeness (QED) is 0.0794. The lowest BCUT2D eigenvalue weighted by Gasteiger charge is -2.18. The number of nitro benzene ring substituents is 1. The summed E-state index contributed by atoms with van der Waals surface area (Å²) in [5.74, 6) is 2.47. The van der Waals surface area contributed by atoms with Gasteiger partial charge in [-0.25, -0.2) is 4.98 Å². The summed E-state index contributed by atoms with van der Waals surface area (Å²) < 4.78 is 24.5. The van der Waals surface area contributed by atoms with Gasteiger partial charge in [-0.05, 0) is 85.0 Å². The second-order valence-electron chi connectivity index (χ2n) is 11.1. The van der Waals surface area contributed by atoms with Crippen LogP contribution in [0.25, 0.3) is 22.3 Å². The summed E-state index contributed by atoms with van der Waals surface area (Å²) in [6.07, 6.45) is 1.54.